The molecule has 7 nitrogen and oxygen atoms in total. The lowest BCUT2D eigenvalue weighted by molar-refractivity contribution is -0.120. The summed E-state index contributed by atoms with van der Waals surface area (Å²) in [7, 11) is 1.52. The summed E-state index contributed by atoms with van der Waals surface area (Å²) in [6, 6.07) is 19.2. The molecule has 166 valence electrons. The van der Waals surface area contributed by atoms with Crippen molar-refractivity contribution in [1.29, 1.82) is 0 Å². The van der Waals surface area contributed by atoms with Gasteiger partial charge in [0.05, 0.1) is 23.4 Å². The largest absolute Gasteiger partial charge is 0.497 e. The number of nitrogens with one attached hydrogen (secondary N) is 1. The highest BCUT2D eigenvalue weighted by Crippen LogP contribution is 2.31. The molecule has 0 aromatic heterocycles. The molecule has 2 amide bonds. The number of esters is 1. The number of benzene rings is 3. The summed E-state index contributed by atoms with van der Waals surface area (Å²) in [5, 5.41) is 2.93. The predicted octanol–water partition coefficient (Wildman–Crippen LogP) is 5.00. The summed E-state index contributed by atoms with van der Waals surface area (Å²) in [5.41, 5.74) is 1.02. The monoisotopic (exact) mass is 482 g/mol. The standard InChI is InChI=1S/C24H16Cl2N2O5/c1-32-17-12-10-16(11-13-17)28-22(29)20(26)21(23(28)30)27-15-8-6-14(7-9-15)24(31)33-19-5-3-2-4-18(19)25/h2-13,27H,1H3. The van der Waals surface area contributed by atoms with Crippen molar-refractivity contribution in [2.24, 2.45) is 0 Å². The zero-order chi connectivity index (χ0) is 23.5. The van der Waals surface area contributed by atoms with Crippen LogP contribution in [0.2, 0.25) is 5.02 Å². The van der Waals surface area contributed by atoms with Gasteiger partial charge in [-0.3, -0.25) is 9.59 Å². The predicted molar refractivity (Wildman–Crippen MR) is 125 cm³/mol. The van der Waals surface area contributed by atoms with E-state index in [0.717, 1.165) is 4.90 Å². The van der Waals surface area contributed by atoms with E-state index in [1.54, 1.807) is 60.7 Å². The third-order valence-electron chi connectivity index (χ3n) is 4.79. The van der Waals surface area contributed by atoms with Crippen LogP contribution in [0.1, 0.15) is 10.4 Å². The minimum atomic E-state index is -0.644. The number of nitrogens with zero attached hydrogens (tertiary/aromatic N) is 1. The van der Waals surface area contributed by atoms with E-state index in [0.29, 0.717) is 22.1 Å². The van der Waals surface area contributed by atoms with Crippen molar-refractivity contribution >= 4 is 52.4 Å². The highest BCUT2D eigenvalue weighted by atomic mass is 35.5. The summed E-state index contributed by atoms with van der Waals surface area (Å²) in [4.78, 5) is 38.8. The van der Waals surface area contributed by atoms with Crippen LogP contribution in [0.4, 0.5) is 11.4 Å². The van der Waals surface area contributed by atoms with Crippen LogP contribution in [0.3, 0.4) is 0 Å². The Morgan fingerprint density at radius 1 is 0.879 bits per heavy atom. The fraction of sp³-hybridized carbons (Fsp3) is 0.0417. The van der Waals surface area contributed by atoms with Gasteiger partial charge in [0.25, 0.3) is 11.8 Å². The minimum absolute atomic E-state index is 0.0659. The van der Waals surface area contributed by atoms with Crippen LogP contribution >= 0.6 is 23.2 Å². The lowest BCUT2D eigenvalue weighted by Crippen LogP contribution is -2.32. The summed E-state index contributed by atoms with van der Waals surface area (Å²) in [6.45, 7) is 0. The average Bonchev–Trinajstić information content (AvgIpc) is 3.04. The van der Waals surface area contributed by atoms with Crippen molar-refractivity contribution in [3.05, 3.63) is 94.1 Å². The highest BCUT2D eigenvalue weighted by Gasteiger charge is 2.39. The summed E-state index contributed by atoms with van der Waals surface area (Å²) >= 11 is 12.2. The minimum Gasteiger partial charge on any atom is -0.497 e. The van der Waals surface area contributed by atoms with Gasteiger partial charge in [0, 0.05) is 5.69 Å². The van der Waals surface area contributed by atoms with Crippen molar-refractivity contribution in [2.75, 3.05) is 17.3 Å². The number of anilines is 2. The van der Waals surface area contributed by atoms with E-state index in [1.807, 2.05) is 0 Å². The first-order valence-corrected chi connectivity index (χ1v) is 10.4. The highest BCUT2D eigenvalue weighted by molar-refractivity contribution is 6.53. The Bertz CT molecular complexity index is 1270. The number of ether oxygens (including phenoxy) is 2. The van der Waals surface area contributed by atoms with Gasteiger partial charge >= 0.3 is 5.97 Å². The average molecular weight is 483 g/mol. The van der Waals surface area contributed by atoms with Crippen LogP contribution in [0.25, 0.3) is 0 Å². The zero-order valence-electron chi connectivity index (χ0n) is 17.2. The van der Waals surface area contributed by atoms with Gasteiger partial charge in [0.2, 0.25) is 0 Å². The van der Waals surface area contributed by atoms with Crippen molar-refractivity contribution in [2.45, 2.75) is 0 Å². The van der Waals surface area contributed by atoms with Crippen LogP contribution in [0.15, 0.2) is 83.5 Å². The van der Waals surface area contributed by atoms with Gasteiger partial charge in [-0.1, -0.05) is 35.3 Å². The molecule has 0 atom stereocenters. The maximum Gasteiger partial charge on any atom is 0.343 e. The molecule has 33 heavy (non-hydrogen) atoms. The van der Waals surface area contributed by atoms with E-state index in [2.05, 4.69) is 5.32 Å². The molecule has 3 aromatic carbocycles. The Hall–Kier alpha value is -3.81. The molecule has 0 saturated carbocycles. The molecule has 1 aliphatic heterocycles. The van der Waals surface area contributed by atoms with E-state index in [4.69, 9.17) is 32.7 Å². The molecule has 9 heteroatoms. The van der Waals surface area contributed by atoms with E-state index in [9.17, 15) is 14.4 Å². The van der Waals surface area contributed by atoms with Crippen LogP contribution in [-0.4, -0.2) is 24.9 Å². The van der Waals surface area contributed by atoms with Gasteiger partial charge in [-0.15, -0.1) is 0 Å². The molecule has 4 rings (SSSR count). The van der Waals surface area contributed by atoms with Crippen molar-refractivity contribution in [1.82, 2.24) is 0 Å². The van der Waals surface area contributed by atoms with E-state index >= 15 is 0 Å². The zero-order valence-corrected chi connectivity index (χ0v) is 18.7. The molecule has 0 bridgehead atoms. The number of rotatable bonds is 6. The fourth-order valence-corrected chi connectivity index (χ4v) is 3.48. The molecule has 0 unspecified atom stereocenters. The van der Waals surface area contributed by atoms with Crippen molar-refractivity contribution in [3.8, 4) is 11.5 Å². The summed E-state index contributed by atoms with van der Waals surface area (Å²) < 4.78 is 10.4. The molecule has 0 radical (unpaired) electrons. The Morgan fingerprint density at radius 2 is 1.55 bits per heavy atom. The van der Waals surface area contributed by atoms with Crippen molar-refractivity contribution in [3.63, 3.8) is 0 Å². The van der Waals surface area contributed by atoms with Gasteiger partial charge in [-0.05, 0) is 60.7 Å². The molecule has 0 saturated heterocycles. The number of carbonyl (C=O) groups excluding carboxylic acids is 3. The first-order chi connectivity index (χ1) is 15.9. The van der Waals surface area contributed by atoms with E-state index in [1.165, 1.54) is 19.2 Å². The summed E-state index contributed by atoms with van der Waals surface area (Å²) in [5.74, 6) is -1.00. The van der Waals surface area contributed by atoms with Crippen LogP contribution in [0, 0.1) is 0 Å². The quantitative estimate of drug-likeness (QED) is 0.302. The second-order valence-corrected chi connectivity index (χ2v) is 7.64. The van der Waals surface area contributed by atoms with Crippen LogP contribution in [-0.2, 0) is 9.59 Å². The van der Waals surface area contributed by atoms with Gasteiger partial charge in [-0.25, -0.2) is 9.69 Å². The second-order valence-electron chi connectivity index (χ2n) is 6.86. The molecule has 3 aromatic rings. The third-order valence-corrected chi connectivity index (χ3v) is 5.45. The molecular formula is C24H16Cl2N2O5. The molecule has 1 N–H and O–H groups in total. The van der Waals surface area contributed by atoms with Crippen LogP contribution in [0.5, 0.6) is 11.5 Å². The smallest absolute Gasteiger partial charge is 0.343 e. The Labute approximate surface area is 199 Å². The Morgan fingerprint density at radius 3 is 2.18 bits per heavy atom. The Balaban J connectivity index is 1.48. The fourth-order valence-electron chi connectivity index (χ4n) is 3.10. The second kappa shape index (κ2) is 9.36. The molecule has 0 spiro atoms. The van der Waals surface area contributed by atoms with Gasteiger partial charge in [0.15, 0.2) is 0 Å². The van der Waals surface area contributed by atoms with Gasteiger partial charge < -0.3 is 14.8 Å². The van der Waals surface area contributed by atoms with Gasteiger partial charge in [0.1, 0.15) is 22.2 Å². The molecule has 0 fully saturated rings. The SMILES string of the molecule is COc1ccc(N2C(=O)C(Cl)=C(Nc3ccc(C(=O)Oc4ccccc4Cl)cc3)C2=O)cc1. The van der Waals surface area contributed by atoms with Crippen molar-refractivity contribution < 1.29 is 23.9 Å². The number of amides is 2. The third kappa shape index (κ3) is 4.55. The molecule has 1 heterocycles. The molecule has 0 aliphatic carbocycles. The number of hydrogen-bond donors (Lipinski definition) is 1. The molecular weight excluding hydrogens is 467 g/mol. The van der Waals surface area contributed by atoms with Gasteiger partial charge in [-0.2, -0.15) is 0 Å². The number of methoxy groups -OCH3 is 1. The lowest BCUT2D eigenvalue weighted by atomic mass is 10.2. The first kappa shape index (κ1) is 22.4. The number of halogens is 2. The first-order valence-electron chi connectivity index (χ1n) is 9.65. The normalized spacial score (nSPS) is 13.4. The number of carbonyl (C=O) groups is 3. The molecule has 1 aliphatic rings. The number of para-hydroxylation sites is 1. The van der Waals surface area contributed by atoms with Crippen LogP contribution < -0.4 is 19.7 Å². The number of imide groups is 1. The number of hydrogen-bond acceptors (Lipinski definition) is 6. The summed E-state index contributed by atoms with van der Waals surface area (Å²) in [6.07, 6.45) is 0. The van der Waals surface area contributed by atoms with E-state index < -0.39 is 17.8 Å². The lowest BCUT2D eigenvalue weighted by Gasteiger charge is -2.15. The maximum absolute atomic E-state index is 12.9. The Kier molecular flexibility index (Phi) is 6.35. The maximum atomic E-state index is 12.9. The topological polar surface area (TPSA) is 84.9 Å². The van der Waals surface area contributed by atoms with E-state index in [-0.39, 0.29) is 22.0 Å².